The van der Waals surface area contributed by atoms with Gasteiger partial charge in [0.25, 0.3) is 0 Å². The molecule has 5 nitrogen and oxygen atoms in total. The summed E-state index contributed by atoms with van der Waals surface area (Å²) in [5, 5.41) is 9.56. The number of carboxylic acid groups (broad SMARTS) is 1. The topological polar surface area (TPSA) is 75.6 Å². The Morgan fingerprint density at radius 1 is 0.918 bits per heavy atom. The third kappa shape index (κ3) is 49.0. The van der Waals surface area contributed by atoms with Gasteiger partial charge in [0, 0.05) is 11.1 Å². The van der Waals surface area contributed by atoms with Crippen LogP contribution < -0.4 is 17.1 Å². The maximum Gasteiger partial charge on any atom is 2.00 e. The quantitative estimate of drug-likeness (QED) is 0.0903. The smallest absolute Gasteiger partial charge is 1.00 e. The van der Waals surface area contributed by atoms with E-state index in [0.29, 0.717) is 12.0 Å². The Balaban J connectivity index is -0.0000000750. The van der Waals surface area contributed by atoms with Crippen LogP contribution in [0.3, 0.4) is 0 Å². The molecule has 0 aliphatic rings. The predicted molar refractivity (Wildman–Crippen MR) is 220 cm³/mol. The Kier molecular flexibility index (Phi) is 40.1. The molecule has 0 bridgehead atoms. The van der Waals surface area contributed by atoms with Gasteiger partial charge >= 0.3 is 58.0 Å². The van der Waals surface area contributed by atoms with E-state index in [0.717, 1.165) is 16.2 Å². The monoisotopic (exact) mass is 771 g/mol. The molecule has 0 heterocycles. The van der Waals surface area contributed by atoms with E-state index in [9.17, 15) is 9.59 Å². The van der Waals surface area contributed by atoms with Gasteiger partial charge in [-0.15, -0.1) is 0 Å². The van der Waals surface area contributed by atoms with Crippen LogP contribution in [0.25, 0.3) is 0 Å². The molecule has 2 rings (SSSR count). The minimum atomic E-state index is -0.981. The molecule has 0 fully saturated rings. The second kappa shape index (κ2) is 32.7. The molecule has 2 aromatic carbocycles. The van der Waals surface area contributed by atoms with Crippen molar-refractivity contribution < 1.29 is 34.7 Å². The minimum Gasteiger partial charge on any atom is -1.00 e. The summed E-state index contributed by atoms with van der Waals surface area (Å²) in [6.45, 7) is 34.3. The number of nitrogens with one attached hydrogen (secondary N) is 1. The van der Waals surface area contributed by atoms with Gasteiger partial charge in [0.1, 0.15) is 22.1 Å². The fraction of sp³-hybridized carbons (Fsp3) is 0.421. The number of carbonyl (C=O) groups excluding carboxylic acids is 1. The van der Waals surface area contributed by atoms with Crippen LogP contribution in [0.1, 0.15) is 57.7 Å². The number of aliphatic carboxylic acids is 1. The van der Waals surface area contributed by atoms with Crippen molar-refractivity contribution in [2.75, 3.05) is 0 Å². The Morgan fingerprint density at radius 2 is 1.35 bits per heavy atom. The molecule has 0 saturated heterocycles. The van der Waals surface area contributed by atoms with Crippen molar-refractivity contribution in [3.63, 3.8) is 0 Å². The van der Waals surface area contributed by atoms with Crippen LogP contribution in [-0.2, 0) is 14.3 Å². The van der Waals surface area contributed by atoms with Crippen molar-refractivity contribution in [3.8, 4) is 0 Å². The first-order valence-corrected chi connectivity index (χ1v) is 22.7. The van der Waals surface area contributed by atoms with Gasteiger partial charge in [0.15, 0.2) is 0 Å². The third-order valence-corrected chi connectivity index (χ3v) is 11.3. The van der Waals surface area contributed by atoms with E-state index in [1.807, 2.05) is 94.4 Å². The van der Waals surface area contributed by atoms with E-state index in [4.69, 9.17) is 21.4 Å². The van der Waals surface area contributed by atoms with E-state index in [2.05, 4.69) is 63.2 Å². The number of hydrogen-bond acceptors (Lipinski definition) is 4. The number of halogens is 2. The second-order valence-electron chi connectivity index (χ2n) is 13.7. The molecular weight excluding hydrogens is 710 g/mol. The normalized spacial score (nSPS) is 10.2. The fourth-order valence-corrected chi connectivity index (χ4v) is 12.5. The molecule has 2 aromatic rings. The van der Waals surface area contributed by atoms with Crippen LogP contribution in [0.4, 0.5) is 0 Å². The van der Waals surface area contributed by atoms with Crippen LogP contribution in [0.2, 0.25) is 44.3 Å². The molecule has 1 unspecified atom stereocenters. The zero-order valence-corrected chi connectivity index (χ0v) is 38.9. The molecule has 0 aliphatic carbocycles. The standard InChI is InChI=1S/2C10H16O2.C6H5Cl.C6H19NSi2.C6H5.ClH.2Mg.2H/c1-7(2)5-6-9(8(3)4)10(11)12;1-6-10(4,5)12-9(11)7-8(2)3;7-6-4-2-1-3-5-6;1-8(2,3)7-9(4,5)6;1-2-4-6-5-3-1;;;;;/h5,9H,3,6H2,1-2,4H3,(H,11,12);6-7H,1H2,2-5H3;1-5H;7H,1-6H3;1-5H;1H;;;;/q;;;;-1;;2*+2;2*-1/p-1. The van der Waals surface area contributed by atoms with Gasteiger partial charge in [-0.1, -0.05) is 105 Å². The SMILES string of the molecule is C=C(C)C(CC=C(C)C)C(=O)O.C=CC(C)(C)OC(=O)C=C(C)C.C[Si](C)(C)N[Si](C)(C)C.Clc1ccccc1.[Cl-].[H-].[H-].[Mg+2].[Mg+2].[c-]1ccccc1. The number of esters is 1. The average molecular weight is 774 g/mol. The number of ether oxygens (including phenoxy) is 1. The molecule has 0 radical (unpaired) electrons. The minimum absolute atomic E-state index is 0. The molecule has 1 atom stereocenters. The summed E-state index contributed by atoms with van der Waals surface area (Å²) in [5.74, 6) is -1.54. The molecule has 0 spiro atoms. The number of benzene rings is 2. The first kappa shape index (κ1) is 60.0. The van der Waals surface area contributed by atoms with Crippen LogP contribution in [0.5, 0.6) is 0 Å². The molecule has 0 saturated carbocycles. The first-order chi connectivity index (χ1) is 20.9. The van der Waals surface area contributed by atoms with E-state index in [1.54, 1.807) is 26.8 Å². The van der Waals surface area contributed by atoms with E-state index in [1.165, 1.54) is 6.08 Å². The van der Waals surface area contributed by atoms with E-state index >= 15 is 0 Å². The van der Waals surface area contributed by atoms with Crippen molar-refractivity contribution in [2.45, 2.75) is 99.8 Å². The molecule has 270 valence electrons. The van der Waals surface area contributed by atoms with Gasteiger partial charge < -0.3 is 29.8 Å². The first-order valence-electron chi connectivity index (χ1n) is 15.4. The van der Waals surface area contributed by atoms with Crippen LogP contribution in [-0.4, -0.2) is 85.2 Å². The summed E-state index contributed by atoms with van der Waals surface area (Å²) in [4.78, 5) is 21.7. The Hall–Kier alpha value is -1.15. The maximum absolute atomic E-state index is 11.1. The Labute approximate surface area is 348 Å². The van der Waals surface area contributed by atoms with Crippen molar-refractivity contribution in [3.05, 3.63) is 120 Å². The van der Waals surface area contributed by atoms with Gasteiger partial charge in [-0.2, -0.15) is 36.4 Å². The number of rotatable bonds is 9. The zero-order chi connectivity index (χ0) is 36.6. The summed E-state index contributed by atoms with van der Waals surface area (Å²) < 4.78 is 8.80. The van der Waals surface area contributed by atoms with Gasteiger partial charge in [0.2, 0.25) is 0 Å². The van der Waals surface area contributed by atoms with Crippen molar-refractivity contribution in [1.29, 1.82) is 0 Å². The summed E-state index contributed by atoms with van der Waals surface area (Å²) in [5.41, 5.74) is 2.20. The predicted octanol–water partition coefficient (Wildman–Crippen LogP) is 7.62. The molecule has 0 aliphatic heterocycles. The van der Waals surface area contributed by atoms with Crippen LogP contribution >= 0.6 is 11.6 Å². The van der Waals surface area contributed by atoms with Gasteiger partial charge in [0.05, 0.1) is 5.92 Å². The Bertz CT molecular complexity index is 1170. The fourth-order valence-electron chi connectivity index (χ4n) is 3.31. The molecule has 49 heavy (non-hydrogen) atoms. The number of carbonyl (C=O) groups is 2. The summed E-state index contributed by atoms with van der Waals surface area (Å²) >= 11 is 5.54. The summed E-state index contributed by atoms with van der Waals surface area (Å²) in [6, 6.07) is 21.9. The third-order valence-electron chi connectivity index (χ3n) is 5.01. The summed E-state index contributed by atoms with van der Waals surface area (Å²) in [6.07, 6.45) is 5.54. The summed E-state index contributed by atoms with van der Waals surface area (Å²) in [7, 11) is -1.96. The number of allylic oxidation sites excluding steroid dienone is 3. The maximum atomic E-state index is 11.1. The van der Waals surface area contributed by atoms with Gasteiger partial charge in [-0.05, 0) is 73.1 Å². The van der Waals surface area contributed by atoms with Crippen LogP contribution in [0, 0.1) is 12.0 Å². The molecular formula is C38H63Cl2Mg2NO4Si2. The molecule has 0 aromatic heterocycles. The molecule has 11 heteroatoms. The molecule has 2 N–H and O–H groups in total. The van der Waals surface area contributed by atoms with Gasteiger partial charge in [-0.25, -0.2) is 4.79 Å². The van der Waals surface area contributed by atoms with Crippen LogP contribution in [0.15, 0.2) is 109 Å². The van der Waals surface area contributed by atoms with Crippen molar-refractivity contribution in [1.82, 2.24) is 4.65 Å². The van der Waals surface area contributed by atoms with Crippen molar-refractivity contribution >= 4 is 86.1 Å². The second-order valence-corrected chi connectivity index (χ2v) is 24.1. The average Bonchev–Trinajstić information content (AvgIpc) is 2.88. The van der Waals surface area contributed by atoms with Crippen molar-refractivity contribution in [2.24, 2.45) is 5.92 Å². The zero-order valence-electron chi connectivity index (χ0n) is 34.5. The van der Waals surface area contributed by atoms with E-state index in [-0.39, 0.29) is 67.3 Å². The van der Waals surface area contributed by atoms with Gasteiger partial charge in [-0.3, -0.25) is 4.79 Å². The number of carboxylic acids is 1. The van der Waals surface area contributed by atoms with E-state index < -0.39 is 34.0 Å². The largest absolute Gasteiger partial charge is 2.00 e. The molecule has 0 amide bonds. The number of hydrogen-bond donors (Lipinski definition) is 2. The Morgan fingerprint density at radius 3 is 1.55 bits per heavy atom.